The molecule has 3 aromatic rings. The van der Waals surface area contributed by atoms with Gasteiger partial charge < -0.3 is 10.2 Å². The van der Waals surface area contributed by atoms with Crippen LogP contribution in [0.1, 0.15) is 17.0 Å². The van der Waals surface area contributed by atoms with Crippen molar-refractivity contribution in [3.05, 3.63) is 59.2 Å². The molecule has 0 fully saturated rings. The van der Waals surface area contributed by atoms with Crippen LogP contribution in [0, 0.1) is 12.7 Å². The molecular weight excluding hydrogens is 255 g/mol. The van der Waals surface area contributed by atoms with Crippen LogP contribution in [-0.2, 0) is 12.8 Å². The minimum absolute atomic E-state index is 0.286. The van der Waals surface area contributed by atoms with E-state index in [1.54, 1.807) is 0 Å². The normalized spacial score (nSPS) is 11.1. The van der Waals surface area contributed by atoms with Crippen LogP contribution in [0.2, 0.25) is 0 Å². The number of hydrogen-bond acceptors (Lipinski definition) is 3. The Labute approximate surface area is 116 Å². The van der Waals surface area contributed by atoms with Gasteiger partial charge in [-0.25, -0.2) is 9.37 Å². The van der Waals surface area contributed by atoms with Gasteiger partial charge in [0.2, 0.25) is 0 Å². The van der Waals surface area contributed by atoms with Crippen molar-refractivity contribution in [1.82, 2.24) is 4.98 Å². The van der Waals surface area contributed by atoms with Gasteiger partial charge in [0.25, 0.3) is 0 Å². The van der Waals surface area contributed by atoms with Gasteiger partial charge in [-0.15, -0.1) is 0 Å². The Bertz CT molecular complexity index is 747. The van der Waals surface area contributed by atoms with Crippen molar-refractivity contribution >= 4 is 16.8 Å². The SMILES string of the molecule is Cc1ccc(CCc2nc3cc(F)cc(N)c3o2)cc1. The lowest BCUT2D eigenvalue weighted by Gasteiger charge is -1.99. The zero-order valence-corrected chi connectivity index (χ0v) is 11.2. The molecule has 0 bridgehead atoms. The fraction of sp³-hybridized carbons (Fsp3) is 0.188. The van der Waals surface area contributed by atoms with Gasteiger partial charge in [-0.2, -0.15) is 0 Å². The van der Waals surface area contributed by atoms with E-state index in [-0.39, 0.29) is 5.69 Å². The van der Waals surface area contributed by atoms with Crippen LogP contribution in [0.5, 0.6) is 0 Å². The van der Waals surface area contributed by atoms with Gasteiger partial charge in [-0.05, 0) is 18.9 Å². The van der Waals surface area contributed by atoms with Gasteiger partial charge in [0.15, 0.2) is 11.5 Å². The van der Waals surface area contributed by atoms with Crippen LogP contribution in [0.4, 0.5) is 10.1 Å². The van der Waals surface area contributed by atoms with E-state index in [1.165, 1.54) is 23.3 Å². The fourth-order valence-corrected chi connectivity index (χ4v) is 2.18. The molecule has 0 radical (unpaired) electrons. The maximum absolute atomic E-state index is 13.2. The predicted molar refractivity (Wildman–Crippen MR) is 77.0 cm³/mol. The molecule has 0 saturated heterocycles. The van der Waals surface area contributed by atoms with Crippen molar-refractivity contribution in [2.75, 3.05) is 5.73 Å². The molecule has 102 valence electrons. The lowest BCUT2D eigenvalue weighted by Crippen LogP contribution is -1.91. The first-order valence-electron chi connectivity index (χ1n) is 6.52. The lowest BCUT2D eigenvalue weighted by atomic mass is 10.1. The number of benzene rings is 2. The van der Waals surface area contributed by atoms with Crippen LogP contribution in [-0.4, -0.2) is 4.98 Å². The summed E-state index contributed by atoms with van der Waals surface area (Å²) in [4.78, 5) is 4.28. The summed E-state index contributed by atoms with van der Waals surface area (Å²) in [6.07, 6.45) is 1.49. The molecule has 3 nitrogen and oxygen atoms in total. The maximum atomic E-state index is 13.2. The zero-order chi connectivity index (χ0) is 14.1. The van der Waals surface area contributed by atoms with Crippen LogP contribution < -0.4 is 5.73 Å². The summed E-state index contributed by atoms with van der Waals surface area (Å²) in [7, 11) is 0. The van der Waals surface area contributed by atoms with Crippen LogP contribution in [0.15, 0.2) is 40.8 Å². The molecule has 4 heteroatoms. The molecule has 0 atom stereocenters. The zero-order valence-electron chi connectivity index (χ0n) is 11.2. The highest BCUT2D eigenvalue weighted by Gasteiger charge is 2.10. The van der Waals surface area contributed by atoms with Gasteiger partial charge in [0, 0.05) is 18.6 Å². The van der Waals surface area contributed by atoms with E-state index in [4.69, 9.17) is 10.2 Å². The Hall–Kier alpha value is -2.36. The minimum atomic E-state index is -0.395. The second-order valence-electron chi connectivity index (χ2n) is 4.94. The number of oxazole rings is 1. The Morgan fingerprint density at radius 3 is 2.65 bits per heavy atom. The number of nitrogens with zero attached hydrogens (tertiary/aromatic N) is 1. The van der Waals surface area contributed by atoms with E-state index in [9.17, 15) is 4.39 Å². The van der Waals surface area contributed by atoms with Gasteiger partial charge in [-0.3, -0.25) is 0 Å². The third-order valence-electron chi connectivity index (χ3n) is 3.28. The second-order valence-corrected chi connectivity index (χ2v) is 4.94. The van der Waals surface area contributed by atoms with Crippen molar-refractivity contribution in [3.8, 4) is 0 Å². The third kappa shape index (κ3) is 2.50. The monoisotopic (exact) mass is 270 g/mol. The predicted octanol–water partition coefficient (Wildman–Crippen LogP) is 3.64. The van der Waals surface area contributed by atoms with Crippen molar-refractivity contribution in [2.24, 2.45) is 0 Å². The maximum Gasteiger partial charge on any atom is 0.195 e. The molecule has 0 amide bonds. The number of rotatable bonds is 3. The Morgan fingerprint density at radius 1 is 1.15 bits per heavy atom. The summed E-state index contributed by atoms with van der Waals surface area (Å²) in [5, 5.41) is 0. The average Bonchev–Trinajstić information content (AvgIpc) is 2.81. The molecule has 0 aliphatic carbocycles. The largest absolute Gasteiger partial charge is 0.439 e. The third-order valence-corrected chi connectivity index (χ3v) is 3.28. The van der Waals surface area contributed by atoms with Crippen LogP contribution in [0.3, 0.4) is 0 Å². The van der Waals surface area contributed by atoms with Crippen molar-refractivity contribution in [1.29, 1.82) is 0 Å². The number of aryl methyl sites for hydroxylation is 3. The summed E-state index contributed by atoms with van der Waals surface area (Å²) in [5.41, 5.74) is 9.40. The van der Waals surface area contributed by atoms with Gasteiger partial charge in [0.05, 0.1) is 5.69 Å². The summed E-state index contributed by atoms with van der Waals surface area (Å²) < 4.78 is 18.8. The number of halogens is 1. The Morgan fingerprint density at radius 2 is 1.90 bits per heavy atom. The van der Waals surface area contributed by atoms with Crippen molar-refractivity contribution in [3.63, 3.8) is 0 Å². The smallest absolute Gasteiger partial charge is 0.195 e. The molecule has 0 saturated carbocycles. The van der Waals surface area contributed by atoms with E-state index in [0.29, 0.717) is 23.4 Å². The summed E-state index contributed by atoms with van der Waals surface area (Å²) >= 11 is 0. The molecule has 2 N–H and O–H groups in total. The number of hydrogen-bond donors (Lipinski definition) is 1. The van der Waals surface area contributed by atoms with E-state index in [1.807, 2.05) is 0 Å². The highest BCUT2D eigenvalue weighted by Crippen LogP contribution is 2.24. The molecule has 0 spiro atoms. The standard InChI is InChI=1S/C16H15FN2O/c1-10-2-4-11(5-3-10)6-7-15-19-14-9-12(17)8-13(18)16(14)20-15/h2-5,8-9H,6-7,18H2,1H3. The number of anilines is 1. The van der Waals surface area contributed by atoms with Gasteiger partial charge >= 0.3 is 0 Å². The summed E-state index contributed by atoms with van der Waals surface area (Å²) in [6, 6.07) is 10.9. The van der Waals surface area contributed by atoms with Gasteiger partial charge in [0.1, 0.15) is 11.3 Å². The van der Waals surface area contributed by atoms with E-state index >= 15 is 0 Å². The first kappa shape index (κ1) is 12.7. The Balaban J connectivity index is 1.81. The molecular formula is C16H15FN2O. The van der Waals surface area contributed by atoms with Crippen LogP contribution in [0.25, 0.3) is 11.1 Å². The molecule has 1 heterocycles. The Kier molecular flexibility index (Phi) is 3.14. The van der Waals surface area contributed by atoms with E-state index < -0.39 is 5.82 Å². The quantitative estimate of drug-likeness (QED) is 0.739. The highest BCUT2D eigenvalue weighted by atomic mass is 19.1. The highest BCUT2D eigenvalue weighted by molar-refractivity contribution is 5.84. The average molecular weight is 270 g/mol. The number of aromatic nitrogens is 1. The second kappa shape index (κ2) is 4.96. The fourth-order valence-electron chi connectivity index (χ4n) is 2.18. The molecule has 0 aliphatic rings. The molecule has 2 aromatic carbocycles. The topological polar surface area (TPSA) is 52.0 Å². The summed E-state index contributed by atoms with van der Waals surface area (Å²) in [5.74, 6) is 0.186. The minimum Gasteiger partial charge on any atom is -0.439 e. The molecule has 0 aliphatic heterocycles. The van der Waals surface area contributed by atoms with Gasteiger partial charge in [-0.1, -0.05) is 29.8 Å². The van der Waals surface area contributed by atoms with E-state index in [0.717, 1.165) is 6.42 Å². The number of nitrogen functional groups attached to an aromatic ring is 1. The molecule has 20 heavy (non-hydrogen) atoms. The first-order valence-corrected chi connectivity index (χ1v) is 6.52. The lowest BCUT2D eigenvalue weighted by molar-refractivity contribution is 0.529. The molecule has 3 rings (SSSR count). The first-order chi connectivity index (χ1) is 9.61. The van der Waals surface area contributed by atoms with Crippen LogP contribution >= 0.6 is 0 Å². The van der Waals surface area contributed by atoms with Crippen molar-refractivity contribution in [2.45, 2.75) is 19.8 Å². The molecule has 0 unspecified atom stereocenters. The molecule has 1 aromatic heterocycles. The van der Waals surface area contributed by atoms with E-state index in [2.05, 4.69) is 36.2 Å². The summed E-state index contributed by atoms with van der Waals surface area (Å²) in [6.45, 7) is 2.06. The number of fused-ring (bicyclic) bond motifs is 1. The number of nitrogens with two attached hydrogens (primary N) is 1. The van der Waals surface area contributed by atoms with Crippen molar-refractivity contribution < 1.29 is 8.81 Å².